The molecule has 2 aromatic rings. The van der Waals surface area contributed by atoms with E-state index in [9.17, 15) is 48.9 Å². The zero-order valence-corrected chi connectivity index (χ0v) is 51.3. The number of aliphatic hydroxyl groups excluding tert-OH is 3. The third-order valence-electron chi connectivity index (χ3n) is 19.0. The maximum absolute atomic E-state index is 13.5. The minimum atomic E-state index is -1.40. The first-order valence-corrected chi connectivity index (χ1v) is 28.6. The van der Waals surface area contributed by atoms with Gasteiger partial charge in [0.15, 0.2) is 17.7 Å². The number of carbonyl (C=O) groups is 7. The maximum atomic E-state index is 13.5. The van der Waals surface area contributed by atoms with Crippen molar-refractivity contribution in [1.82, 2.24) is 24.8 Å². The number of nitrogen functional groups attached to an aromatic ring is 1. The number of hydrogen-bond donors (Lipinski definition) is 11. The molecule has 1 radical (unpaired) electrons. The van der Waals surface area contributed by atoms with E-state index in [2.05, 4.69) is 27.2 Å². The molecule has 8 bridgehead atoms. The van der Waals surface area contributed by atoms with Gasteiger partial charge in [-0.25, -0.2) is 15.0 Å². The number of nitrogens with two attached hydrogens (primary N) is 7. The van der Waals surface area contributed by atoms with E-state index in [-0.39, 0.29) is 99.3 Å². The van der Waals surface area contributed by atoms with Crippen molar-refractivity contribution in [2.45, 2.75) is 175 Å². The Hall–Kier alpha value is -6.98. The van der Waals surface area contributed by atoms with Crippen molar-refractivity contribution in [3.05, 3.63) is 59.2 Å². The number of aliphatic hydroxyl groups is 3. The summed E-state index contributed by atoms with van der Waals surface area (Å²) in [4.78, 5) is 119. The fourth-order valence-electron chi connectivity index (χ4n) is 14.2. The summed E-state index contributed by atoms with van der Waals surface area (Å²) >= 11 is 0. The molecule has 18 N–H and O–H groups in total. The van der Waals surface area contributed by atoms with Crippen molar-refractivity contribution in [2.75, 3.05) is 12.3 Å². The van der Waals surface area contributed by atoms with Crippen LogP contribution in [0.15, 0.2) is 61.9 Å². The van der Waals surface area contributed by atoms with E-state index in [0.717, 1.165) is 0 Å². The molecule has 0 unspecified atom stereocenters. The standard InChI is InChI=1S/C48H73N11O8.C10H12N5O3.Co/c1-23(60)22-55-38(67)16-17-45(6)29(18-35(52)64)43-48(9)47(8,21-37(54)66)28(12-15-34(51)63)40(59-48)25(3)42-46(7,20-36(53)65)26(10-13-32(49)61)30(56-42)19-31-44(4,5)27(11-14-33(50)62)39(57-31)24(2)41(45)58-43;1-4-6(16)7(17)10(18-4)15-3-14-5-8(11)12-2-13-9(5)15;/h19,23,26-29,43,60H,10-18,20-22H2,1-9H3,(H14,49,50,51,52,53,54,55,56,57,58,59,61,62,63,64,65,66,67);2-4,6-7,10,16-17H,1H2,(H2,11,12,13);/q;-1;+2/p-1/t23-,26-,27-,28-,29+,43-,45-,46+,47+,48+;4-,6-,7-,10-;/m11./s1. The summed E-state index contributed by atoms with van der Waals surface area (Å²) in [7, 11) is 0. The number of anilines is 1. The van der Waals surface area contributed by atoms with Gasteiger partial charge in [-0.05, 0) is 88.0 Å². The summed E-state index contributed by atoms with van der Waals surface area (Å²) in [5.41, 5.74) is 40.9. The number of hydrogen-bond acceptors (Lipinski definition) is 18. The zero-order chi connectivity index (χ0) is 63.2. The van der Waals surface area contributed by atoms with Gasteiger partial charge in [-0.1, -0.05) is 40.7 Å². The maximum Gasteiger partial charge on any atom is 2.00 e. The van der Waals surface area contributed by atoms with Gasteiger partial charge in [0.25, 0.3) is 0 Å². The molecule has 2 aromatic heterocycles. The van der Waals surface area contributed by atoms with Crippen LogP contribution in [-0.2, 0) is 55.1 Å². The van der Waals surface area contributed by atoms with Gasteiger partial charge in [-0.15, -0.1) is 0 Å². The molecular formula is C58H84CoN16O11. The molecule has 8 heterocycles. The van der Waals surface area contributed by atoms with Crippen LogP contribution in [0.25, 0.3) is 16.5 Å². The molecule has 8 rings (SSSR count). The Morgan fingerprint density at radius 2 is 1.35 bits per heavy atom. The third-order valence-corrected chi connectivity index (χ3v) is 19.0. The summed E-state index contributed by atoms with van der Waals surface area (Å²) in [5, 5.41) is 37.9. The quantitative estimate of drug-likeness (QED) is 0.0787. The van der Waals surface area contributed by atoms with E-state index in [1.165, 1.54) is 17.2 Å². The Balaban J connectivity index is 0.000000524. The topological polar surface area (TPSA) is 478 Å². The molecule has 2 saturated heterocycles. The van der Waals surface area contributed by atoms with E-state index in [0.29, 0.717) is 63.0 Å². The fourth-order valence-corrected chi connectivity index (χ4v) is 14.2. The molecular weight excluding hydrogens is 1160 g/mol. The third kappa shape index (κ3) is 12.9. The van der Waals surface area contributed by atoms with Gasteiger partial charge in [0.1, 0.15) is 17.9 Å². The summed E-state index contributed by atoms with van der Waals surface area (Å²) in [6.07, 6.45) is 0.116. The number of imidazole rings is 1. The van der Waals surface area contributed by atoms with Gasteiger partial charge < -0.3 is 77.7 Å². The predicted molar refractivity (Wildman–Crippen MR) is 315 cm³/mol. The summed E-state index contributed by atoms with van der Waals surface area (Å²) in [6, 6.07) is -0.923. The number of allylic oxidation sites excluding steroid dienone is 6. The first kappa shape index (κ1) is 68.1. The summed E-state index contributed by atoms with van der Waals surface area (Å²) in [5.74, 6) is -6.17. The molecule has 471 valence electrons. The Morgan fingerprint density at radius 3 is 1.90 bits per heavy atom. The number of nitrogens with one attached hydrogen (secondary N) is 1. The second-order valence-electron chi connectivity index (χ2n) is 25.2. The summed E-state index contributed by atoms with van der Waals surface area (Å²) in [6.45, 7) is 20.4. The number of amides is 7. The van der Waals surface area contributed by atoms with Gasteiger partial charge in [-0.2, -0.15) is 5.70 Å². The van der Waals surface area contributed by atoms with Gasteiger partial charge in [0, 0.05) is 108 Å². The van der Waals surface area contributed by atoms with Crippen molar-refractivity contribution in [3.8, 4) is 0 Å². The minimum absolute atomic E-state index is 0. The number of primary amides is 6. The largest absolute Gasteiger partial charge is 2.00 e. The number of rotatable bonds is 21. The molecule has 6 aliphatic heterocycles. The normalized spacial score (nSPS) is 34.1. The molecule has 28 heteroatoms. The molecule has 6 aliphatic rings. The number of ether oxygens (including phenoxy) is 1. The van der Waals surface area contributed by atoms with Crippen LogP contribution in [0.4, 0.5) is 5.82 Å². The first-order valence-electron chi connectivity index (χ1n) is 28.6. The Labute approximate surface area is 510 Å². The fraction of sp³-hybridized carbons (Fsp3) is 0.621. The minimum Gasteiger partial charge on any atom is -0.682 e. The zero-order valence-electron chi connectivity index (χ0n) is 50.3. The van der Waals surface area contributed by atoms with Gasteiger partial charge in [-0.3, -0.25) is 53.1 Å². The van der Waals surface area contributed by atoms with Gasteiger partial charge in [0.2, 0.25) is 41.4 Å². The summed E-state index contributed by atoms with van der Waals surface area (Å²) < 4.78 is 6.90. The van der Waals surface area contributed by atoms with Crippen molar-refractivity contribution < 1.29 is 70.4 Å². The van der Waals surface area contributed by atoms with Crippen LogP contribution < -0.4 is 45.5 Å². The van der Waals surface area contributed by atoms with Gasteiger partial charge >= 0.3 is 16.8 Å². The molecule has 0 saturated carbocycles. The van der Waals surface area contributed by atoms with Crippen LogP contribution in [0.2, 0.25) is 0 Å². The van der Waals surface area contributed by atoms with Crippen LogP contribution in [0.3, 0.4) is 0 Å². The predicted octanol–water partition coefficient (Wildman–Crippen LogP) is 1.38. The Kier molecular flexibility index (Phi) is 20.4. The van der Waals surface area contributed by atoms with Crippen LogP contribution in [0, 0.1) is 52.3 Å². The van der Waals surface area contributed by atoms with E-state index < -0.39 is 123 Å². The molecule has 7 amide bonds. The van der Waals surface area contributed by atoms with E-state index in [4.69, 9.17) is 65.2 Å². The second kappa shape index (κ2) is 25.8. The average molecular weight is 1240 g/mol. The van der Waals surface area contributed by atoms with Crippen LogP contribution >= 0.6 is 0 Å². The van der Waals surface area contributed by atoms with Crippen molar-refractivity contribution in [3.63, 3.8) is 0 Å². The number of fused-ring (bicyclic) bond motifs is 7. The average Bonchev–Trinajstić information content (AvgIpc) is 1.54. The van der Waals surface area contributed by atoms with Crippen LogP contribution in [0.5, 0.6) is 0 Å². The molecule has 0 aliphatic carbocycles. The van der Waals surface area contributed by atoms with Crippen molar-refractivity contribution in [1.29, 1.82) is 0 Å². The van der Waals surface area contributed by atoms with Crippen LogP contribution in [0.1, 0.15) is 139 Å². The first-order chi connectivity index (χ1) is 39.5. The SMILES string of the molecule is C/C1=C2/[N-][C@H]([C@H](CC(N)=O)[C@@]2(C)CCC(=O)NC[C@@H](C)O)[C@]2(C)N=C(/C(C)=C3N=C(/C=C4N=C1[C@@H](CCC(N)=O)C\4(C)C)[C@@H](CCC(N)=O)[C@]\3(C)CC(N)=O)[C@@H](CCC(N)=O)[C@]2(C)CC(N)=O.[CH2-][C@H]1O[C@@H](n2cnc3c(N)ncnc32)[C@H](O)[C@@H]1O.[Co+2]. The molecule has 27 nitrogen and oxygen atoms in total. The smallest absolute Gasteiger partial charge is 0.682 e. The van der Waals surface area contributed by atoms with E-state index in [1.807, 2.05) is 61.5 Å². The monoisotopic (exact) mass is 1240 g/mol. The van der Waals surface area contributed by atoms with Crippen molar-refractivity contribution >= 4 is 75.5 Å². The number of aliphatic imine (C=N–C) groups is 3. The van der Waals surface area contributed by atoms with Crippen molar-refractivity contribution in [2.24, 2.45) is 94.7 Å². The van der Waals surface area contributed by atoms with E-state index in [1.54, 1.807) is 6.92 Å². The molecule has 0 aromatic carbocycles. The second-order valence-corrected chi connectivity index (χ2v) is 25.2. The molecule has 86 heavy (non-hydrogen) atoms. The molecule has 2 fully saturated rings. The van der Waals surface area contributed by atoms with E-state index >= 15 is 0 Å². The van der Waals surface area contributed by atoms with Crippen LogP contribution in [-0.4, -0.2) is 136 Å². The molecule has 14 atom stereocenters. The number of carbonyl (C=O) groups excluding carboxylic acids is 7. The number of nitrogens with zero attached hydrogens (tertiary/aromatic N) is 8. The Morgan fingerprint density at radius 1 is 0.756 bits per heavy atom. The van der Waals surface area contributed by atoms with Gasteiger partial charge in [0.05, 0.1) is 29.8 Å². The number of aromatic nitrogens is 4. The molecule has 0 spiro atoms. The Bertz CT molecular complexity index is 3240.